The summed E-state index contributed by atoms with van der Waals surface area (Å²) in [5.41, 5.74) is 0. The Morgan fingerprint density at radius 3 is 0.867 bits per heavy atom. The second-order valence-electron chi connectivity index (χ2n) is 3.47. The minimum absolute atomic E-state index is 0. The first-order chi connectivity index (χ1) is 5.41. The van der Waals surface area contributed by atoms with Gasteiger partial charge in [-0.05, 0) is 0 Å². The van der Waals surface area contributed by atoms with Crippen molar-refractivity contribution in [3.63, 3.8) is 0 Å². The van der Waals surface area contributed by atoms with Gasteiger partial charge < -0.3 is 6.15 Å². The van der Waals surface area contributed by atoms with Gasteiger partial charge in [0.25, 0.3) is 0 Å². The lowest BCUT2D eigenvalue weighted by Gasteiger charge is -1.98. The van der Waals surface area contributed by atoms with Crippen LogP contribution < -0.4 is 6.15 Å². The summed E-state index contributed by atoms with van der Waals surface area (Å²) < 4.78 is 0. The topological polar surface area (TPSA) is 35.0 Å². The van der Waals surface area contributed by atoms with Crippen molar-refractivity contribution in [1.29, 1.82) is 0 Å². The molecule has 0 aliphatic heterocycles. The zero-order valence-electron chi connectivity index (χ0n) is 9.07. The van der Waals surface area contributed by atoms with E-state index in [1.807, 2.05) is 0 Å². The summed E-state index contributed by atoms with van der Waals surface area (Å²) >= 11 is 0. The predicted molar refractivity (Wildman–Crippen MR) is 78.1 cm³/mol. The van der Waals surface area contributed by atoms with Crippen LogP contribution in [0.4, 0.5) is 0 Å². The molecule has 0 atom stereocenters. The van der Waals surface area contributed by atoms with Crippen LogP contribution in [-0.4, -0.2) is 0 Å². The van der Waals surface area contributed by atoms with Gasteiger partial charge >= 0.3 is 0 Å². The fourth-order valence-electron chi connectivity index (χ4n) is 1.38. The summed E-state index contributed by atoms with van der Waals surface area (Å²) in [6.45, 7) is 4.55. The lowest BCUT2D eigenvalue weighted by atomic mass is 10.1. The van der Waals surface area contributed by atoms with Crippen LogP contribution in [-0.2, 0) is 0 Å². The van der Waals surface area contributed by atoms with Crippen LogP contribution in [0.25, 0.3) is 0 Å². The lowest BCUT2D eigenvalue weighted by Crippen LogP contribution is -1.79. The van der Waals surface area contributed by atoms with Crippen molar-refractivity contribution in [3.8, 4) is 0 Å². The van der Waals surface area contributed by atoms with Crippen molar-refractivity contribution in [2.45, 2.75) is 93.9 Å². The van der Waals surface area contributed by atoms with E-state index in [2.05, 4.69) is 13.8 Å². The average molecular weight is 221 g/mol. The zero-order chi connectivity index (χ0) is 8.36. The van der Waals surface area contributed by atoms with E-state index in [0.717, 1.165) is 0 Å². The third-order valence-corrected chi connectivity index (χ3v) is 2.21. The van der Waals surface area contributed by atoms with Gasteiger partial charge in [-0.15, -0.1) is 0 Å². The van der Waals surface area contributed by atoms with E-state index in [9.17, 15) is 0 Å². The maximum atomic E-state index is 2.27. The quantitative estimate of drug-likeness (QED) is 0.460. The summed E-state index contributed by atoms with van der Waals surface area (Å²) in [5, 5.41) is 0. The first-order valence-electron chi connectivity index (χ1n) is 5.41. The Morgan fingerprint density at radius 1 is 0.467 bits per heavy atom. The first kappa shape index (κ1) is 29.4. The smallest absolute Gasteiger partial charge is 0.0533 e. The van der Waals surface area contributed by atoms with Gasteiger partial charge in [0.2, 0.25) is 0 Å². The van der Waals surface area contributed by atoms with Gasteiger partial charge in [-0.25, -0.2) is 0 Å². The van der Waals surface area contributed by atoms with Crippen LogP contribution in [0.15, 0.2) is 0 Å². The molecule has 100 valence electrons. The van der Waals surface area contributed by atoms with Crippen LogP contribution in [0.1, 0.15) is 93.9 Å². The molecule has 1 heteroatoms. The Kier molecular flexibility index (Phi) is 57.2. The summed E-state index contributed by atoms with van der Waals surface area (Å²) in [6, 6.07) is 0. The van der Waals surface area contributed by atoms with Gasteiger partial charge in [-0.1, -0.05) is 93.9 Å². The number of unbranched alkanes of at least 4 members (excludes halogenated alkanes) is 8. The molecule has 0 unspecified atom stereocenters. The van der Waals surface area contributed by atoms with E-state index in [4.69, 9.17) is 0 Å². The predicted octanol–water partition coefficient (Wildman–Crippen LogP) is 6.61. The van der Waals surface area contributed by atoms with Gasteiger partial charge in [-0.2, -0.15) is 0 Å². The van der Waals surface area contributed by atoms with Crippen molar-refractivity contribution in [1.82, 2.24) is 6.15 Å². The third kappa shape index (κ3) is 31.5. The highest BCUT2D eigenvalue weighted by Crippen LogP contribution is 2.08. The molecule has 0 radical (unpaired) electrons. The molecular weight excluding hydrogens is 182 g/mol. The van der Waals surface area contributed by atoms with Crippen LogP contribution >= 0.6 is 0 Å². The molecule has 0 fully saturated rings. The fourth-order valence-corrected chi connectivity index (χ4v) is 1.38. The molecule has 0 aliphatic carbocycles. The standard InChI is InChI=1S/C11H24.3CH4.H3N/c1-3-5-7-9-11-10-8-6-4-2;;;;/h3-11H2,1-2H3;3*1H4;1H3. The van der Waals surface area contributed by atoms with E-state index in [-0.39, 0.29) is 28.4 Å². The van der Waals surface area contributed by atoms with E-state index in [1.54, 1.807) is 0 Å². The molecule has 0 heterocycles. The van der Waals surface area contributed by atoms with Crippen molar-refractivity contribution in [2.75, 3.05) is 0 Å². The molecule has 0 bridgehead atoms. The Hall–Kier alpha value is -0.0400. The fraction of sp³-hybridized carbons (Fsp3) is 1.00. The molecule has 0 aromatic rings. The molecule has 3 N–H and O–H groups in total. The van der Waals surface area contributed by atoms with Crippen molar-refractivity contribution >= 4 is 0 Å². The van der Waals surface area contributed by atoms with Crippen molar-refractivity contribution in [2.24, 2.45) is 0 Å². The van der Waals surface area contributed by atoms with Gasteiger partial charge in [0, 0.05) is 0 Å². The summed E-state index contributed by atoms with van der Waals surface area (Å²) in [4.78, 5) is 0. The minimum atomic E-state index is 0. The maximum Gasteiger partial charge on any atom is -0.0533 e. The molecule has 0 amide bonds. The zero-order valence-corrected chi connectivity index (χ0v) is 9.07. The molecule has 0 rings (SSSR count). The maximum absolute atomic E-state index is 2.27. The normalized spacial score (nSPS) is 7.60. The van der Waals surface area contributed by atoms with Gasteiger partial charge in [0.1, 0.15) is 0 Å². The van der Waals surface area contributed by atoms with Crippen molar-refractivity contribution < 1.29 is 0 Å². The monoisotopic (exact) mass is 221 g/mol. The van der Waals surface area contributed by atoms with Crippen molar-refractivity contribution in [3.05, 3.63) is 0 Å². The van der Waals surface area contributed by atoms with Crippen LogP contribution in [0.2, 0.25) is 0 Å². The number of hydrogen-bond donors (Lipinski definition) is 1. The highest BCUT2D eigenvalue weighted by molar-refractivity contribution is 4.44. The van der Waals surface area contributed by atoms with E-state index >= 15 is 0 Å². The number of hydrogen-bond acceptors (Lipinski definition) is 1. The van der Waals surface area contributed by atoms with E-state index < -0.39 is 0 Å². The van der Waals surface area contributed by atoms with Gasteiger partial charge in [0.05, 0.1) is 0 Å². The van der Waals surface area contributed by atoms with Gasteiger partial charge in [0.15, 0.2) is 0 Å². The SMILES string of the molecule is C.C.C.CCCCCCCCCCC.N. The van der Waals surface area contributed by atoms with E-state index in [1.165, 1.54) is 57.8 Å². The average Bonchev–Trinajstić information content (AvgIpc) is 2.03. The highest BCUT2D eigenvalue weighted by Gasteiger charge is 1.88. The van der Waals surface area contributed by atoms with Crippen LogP contribution in [0.5, 0.6) is 0 Å². The van der Waals surface area contributed by atoms with Crippen LogP contribution in [0.3, 0.4) is 0 Å². The second-order valence-corrected chi connectivity index (χ2v) is 3.47. The lowest BCUT2D eigenvalue weighted by molar-refractivity contribution is 0.572. The summed E-state index contributed by atoms with van der Waals surface area (Å²) in [5.74, 6) is 0. The Balaban J connectivity index is -0.0000000833. The third-order valence-electron chi connectivity index (χ3n) is 2.21. The molecule has 0 aromatic heterocycles. The Bertz CT molecular complexity index is 54.4. The molecular formula is C14H39N. The Morgan fingerprint density at radius 2 is 0.667 bits per heavy atom. The summed E-state index contributed by atoms with van der Waals surface area (Å²) in [6.07, 6.45) is 13.0. The molecule has 1 nitrogen and oxygen atoms in total. The van der Waals surface area contributed by atoms with Crippen LogP contribution in [0, 0.1) is 0 Å². The summed E-state index contributed by atoms with van der Waals surface area (Å²) in [7, 11) is 0. The highest BCUT2D eigenvalue weighted by atomic mass is 14.0. The molecule has 0 spiro atoms. The van der Waals surface area contributed by atoms with Gasteiger partial charge in [-0.3, -0.25) is 0 Å². The molecule has 15 heavy (non-hydrogen) atoms. The minimum Gasteiger partial charge on any atom is -0.344 e. The largest absolute Gasteiger partial charge is 0.344 e. The van der Waals surface area contributed by atoms with E-state index in [0.29, 0.717) is 0 Å². The number of rotatable bonds is 8. The first-order valence-corrected chi connectivity index (χ1v) is 5.41. The second kappa shape index (κ2) is 29.2. The molecule has 0 saturated carbocycles. The molecule has 0 saturated heterocycles. The molecule has 0 aliphatic rings. The molecule has 0 aromatic carbocycles. The Labute approximate surface area is 101 Å².